The van der Waals surface area contributed by atoms with Crippen molar-refractivity contribution in [1.82, 2.24) is 10.7 Å². The summed E-state index contributed by atoms with van der Waals surface area (Å²) in [4.78, 5) is 23.3. The van der Waals surface area contributed by atoms with Crippen molar-refractivity contribution < 1.29 is 24.2 Å². The minimum absolute atomic E-state index is 0.0350. The zero-order valence-electron chi connectivity index (χ0n) is 13.0. The van der Waals surface area contributed by atoms with Gasteiger partial charge in [-0.1, -0.05) is 0 Å². The summed E-state index contributed by atoms with van der Waals surface area (Å²) in [7, 11) is 1.42. The van der Waals surface area contributed by atoms with Crippen LogP contribution in [-0.4, -0.2) is 49.5 Å². The number of methoxy groups -OCH3 is 1. The number of halogens is 1. The molecule has 0 radical (unpaired) electrons. The number of benzene rings is 1. The average Bonchev–Trinajstić information content (AvgIpc) is 3.09. The number of phenols is 1. The van der Waals surface area contributed by atoms with Crippen LogP contribution in [0.15, 0.2) is 21.7 Å². The highest BCUT2D eigenvalue weighted by Crippen LogP contribution is 2.34. The third kappa shape index (κ3) is 4.93. The molecule has 0 unspecified atom stereocenters. The van der Waals surface area contributed by atoms with Crippen LogP contribution >= 0.6 is 15.9 Å². The molecule has 0 spiro atoms. The highest BCUT2D eigenvalue weighted by Gasteiger charge is 2.19. The van der Waals surface area contributed by atoms with Gasteiger partial charge in [0.1, 0.15) is 0 Å². The number of carbonyl (C=O) groups excluding carboxylic acids is 2. The molecule has 1 aliphatic heterocycles. The monoisotopic (exact) mass is 399 g/mol. The Morgan fingerprint density at radius 2 is 2.29 bits per heavy atom. The molecule has 1 aromatic rings. The van der Waals surface area contributed by atoms with Crippen LogP contribution in [0.3, 0.4) is 0 Å². The number of ether oxygens (including phenoxy) is 2. The highest BCUT2D eigenvalue weighted by atomic mass is 79.9. The molecule has 2 amide bonds. The van der Waals surface area contributed by atoms with Crippen molar-refractivity contribution in [2.45, 2.75) is 18.9 Å². The van der Waals surface area contributed by atoms with Gasteiger partial charge >= 0.3 is 11.8 Å². The van der Waals surface area contributed by atoms with E-state index in [-0.39, 0.29) is 17.6 Å². The fraction of sp³-hybridized carbons (Fsp3) is 0.400. The molecule has 130 valence electrons. The van der Waals surface area contributed by atoms with Crippen LogP contribution in [0.25, 0.3) is 0 Å². The van der Waals surface area contributed by atoms with E-state index in [1.54, 1.807) is 6.07 Å². The normalized spacial score (nSPS) is 17.0. The van der Waals surface area contributed by atoms with E-state index in [1.807, 2.05) is 0 Å². The summed E-state index contributed by atoms with van der Waals surface area (Å²) < 4.78 is 10.8. The summed E-state index contributed by atoms with van der Waals surface area (Å²) >= 11 is 3.18. The quantitative estimate of drug-likeness (QED) is 0.387. The topological polar surface area (TPSA) is 109 Å². The minimum atomic E-state index is -0.867. The molecule has 0 aliphatic carbocycles. The molecule has 1 heterocycles. The maximum absolute atomic E-state index is 11.6. The Labute approximate surface area is 147 Å². The molecule has 24 heavy (non-hydrogen) atoms. The van der Waals surface area contributed by atoms with Crippen molar-refractivity contribution in [3.63, 3.8) is 0 Å². The second-order valence-corrected chi connectivity index (χ2v) is 5.95. The maximum Gasteiger partial charge on any atom is 0.329 e. The second kappa shape index (κ2) is 8.65. The van der Waals surface area contributed by atoms with Crippen molar-refractivity contribution in [2.75, 3.05) is 20.3 Å². The number of nitrogens with zero attached hydrogens (tertiary/aromatic N) is 1. The van der Waals surface area contributed by atoms with Gasteiger partial charge in [0.15, 0.2) is 11.5 Å². The summed E-state index contributed by atoms with van der Waals surface area (Å²) in [6, 6.07) is 3.12. The third-order valence-corrected chi connectivity index (χ3v) is 3.98. The van der Waals surface area contributed by atoms with E-state index in [1.165, 1.54) is 19.4 Å². The van der Waals surface area contributed by atoms with E-state index in [2.05, 4.69) is 31.8 Å². The van der Waals surface area contributed by atoms with Crippen molar-refractivity contribution in [1.29, 1.82) is 0 Å². The van der Waals surface area contributed by atoms with E-state index in [9.17, 15) is 14.7 Å². The van der Waals surface area contributed by atoms with Gasteiger partial charge in [0.25, 0.3) is 0 Å². The average molecular weight is 400 g/mol. The zero-order chi connectivity index (χ0) is 17.5. The standard InChI is InChI=1S/C15H18BrN3O5/c1-23-12-6-9(5-11(16)13(12)20)7-18-19-15(22)14(21)17-8-10-3-2-4-24-10/h5-7,10,20H,2-4,8H2,1H3,(H,17,21)(H,19,22)/b18-7-/t10-/m0/s1. The van der Waals surface area contributed by atoms with Crippen LogP contribution in [0.5, 0.6) is 11.5 Å². The van der Waals surface area contributed by atoms with Crippen molar-refractivity contribution >= 4 is 34.0 Å². The lowest BCUT2D eigenvalue weighted by molar-refractivity contribution is -0.139. The number of aromatic hydroxyl groups is 1. The van der Waals surface area contributed by atoms with Crippen LogP contribution in [0.2, 0.25) is 0 Å². The van der Waals surface area contributed by atoms with E-state index < -0.39 is 11.8 Å². The van der Waals surface area contributed by atoms with Crippen molar-refractivity contribution in [2.24, 2.45) is 5.10 Å². The van der Waals surface area contributed by atoms with Gasteiger partial charge in [0, 0.05) is 13.2 Å². The van der Waals surface area contributed by atoms with Gasteiger partial charge in [0.05, 0.1) is 23.9 Å². The molecule has 1 atom stereocenters. The van der Waals surface area contributed by atoms with Gasteiger partial charge < -0.3 is 19.9 Å². The lowest BCUT2D eigenvalue weighted by Crippen LogP contribution is -2.41. The number of hydrogen-bond acceptors (Lipinski definition) is 6. The van der Waals surface area contributed by atoms with Gasteiger partial charge in [-0.15, -0.1) is 0 Å². The molecule has 1 saturated heterocycles. The van der Waals surface area contributed by atoms with E-state index in [0.717, 1.165) is 12.8 Å². The molecule has 8 nitrogen and oxygen atoms in total. The van der Waals surface area contributed by atoms with Crippen LogP contribution in [0.1, 0.15) is 18.4 Å². The number of amides is 2. The van der Waals surface area contributed by atoms with Gasteiger partial charge in [-0.2, -0.15) is 5.10 Å². The van der Waals surface area contributed by atoms with Crippen molar-refractivity contribution in [3.05, 3.63) is 22.2 Å². The molecule has 1 aromatic carbocycles. The number of carbonyl (C=O) groups is 2. The molecule has 9 heteroatoms. The number of hydrazone groups is 1. The van der Waals surface area contributed by atoms with E-state index in [0.29, 0.717) is 23.2 Å². The number of hydrogen-bond donors (Lipinski definition) is 3. The third-order valence-electron chi connectivity index (χ3n) is 3.37. The van der Waals surface area contributed by atoms with Gasteiger partial charge in [-0.3, -0.25) is 9.59 Å². The Kier molecular flexibility index (Phi) is 6.56. The summed E-state index contributed by atoms with van der Waals surface area (Å²) in [6.45, 7) is 0.987. The van der Waals surface area contributed by atoms with Crippen molar-refractivity contribution in [3.8, 4) is 11.5 Å². The number of phenolic OH excluding ortho intramolecular Hbond substituents is 1. The van der Waals surface area contributed by atoms with Crippen LogP contribution in [0.4, 0.5) is 0 Å². The Bertz CT molecular complexity index is 644. The Balaban J connectivity index is 1.85. The SMILES string of the molecule is COc1cc(/C=N\NC(=O)C(=O)NC[C@@H]2CCCO2)cc(Br)c1O. The van der Waals surface area contributed by atoms with Gasteiger partial charge in [-0.05, 0) is 46.5 Å². The molecule has 0 aromatic heterocycles. The molecular formula is C15H18BrN3O5. The lowest BCUT2D eigenvalue weighted by Gasteiger charge is -2.09. The molecular weight excluding hydrogens is 382 g/mol. The first-order valence-electron chi connectivity index (χ1n) is 7.30. The number of nitrogens with one attached hydrogen (secondary N) is 2. The fourth-order valence-electron chi connectivity index (χ4n) is 2.13. The van der Waals surface area contributed by atoms with Crippen LogP contribution in [0, 0.1) is 0 Å². The Morgan fingerprint density at radius 1 is 1.50 bits per heavy atom. The Hall–Kier alpha value is -2.13. The fourth-order valence-corrected chi connectivity index (χ4v) is 2.59. The van der Waals surface area contributed by atoms with E-state index in [4.69, 9.17) is 9.47 Å². The second-order valence-electron chi connectivity index (χ2n) is 5.10. The summed E-state index contributed by atoms with van der Waals surface area (Å²) in [6.07, 6.45) is 3.13. The maximum atomic E-state index is 11.6. The van der Waals surface area contributed by atoms with Gasteiger partial charge in [-0.25, -0.2) is 5.43 Å². The smallest absolute Gasteiger partial charge is 0.329 e. The first-order valence-corrected chi connectivity index (χ1v) is 8.10. The predicted octanol–water partition coefficient (Wildman–Crippen LogP) is 0.909. The summed E-state index contributed by atoms with van der Waals surface area (Å²) in [5.74, 6) is -1.42. The van der Waals surface area contributed by atoms with E-state index >= 15 is 0 Å². The van der Waals surface area contributed by atoms with Crippen LogP contribution in [-0.2, 0) is 14.3 Å². The minimum Gasteiger partial charge on any atom is -0.503 e. The largest absolute Gasteiger partial charge is 0.503 e. The summed E-state index contributed by atoms with van der Waals surface area (Å²) in [5, 5.41) is 15.9. The molecule has 2 rings (SSSR count). The first kappa shape index (κ1) is 18.2. The zero-order valence-corrected chi connectivity index (χ0v) is 14.6. The predicted molar refractivity (Wildman–Crippen MR) is 90.1 cm³/mol. The highest BCUT2D eigenvalue weighted by molar-refractivity contribution is 9.10. The Morgan fingerprint density at radius 3 is 2.96 bits per heavy atom. The lowest BCUT2D eigenvalue weighted by atomic mass is 10.2. The number of rotatable bonds is 5. The molecule has 0 saturated carbocycles. The molecule has 1 fully saturated rings. The summed E-state index contributed by atoms with van der Waals surface area (Å²) in [5.41, 5.74) is 2.70. The molecule has 0 bridgehead atoms. The molecule has 1 aliphatic rings. The first-order chi connectivity index (χ1) is 11.5. The van der Waals surface area contributed by atoms with Gasteiger partial charge in [0.2, 0.25) is 0 Å². The van der Waals surface area contributed by atoms with Crippen LogP contribution < -0.4 is 15.5 Å². The molecule has 3 N–H and O–H groups in total.